The molecule has 1 aromatic heterocycles. The van der Waals surface area contributed by atoms with Gasteiger partial charge in [-0.05, 0) is 55.3 Å². The Kier molecular flexibility index (Phi) is 6.87. The molecule has 33 heavy (non-hydrogen) atoms. The summed E-state index contributed by atoms with van der Waals surface area (Å²) in [5.41, 5.74) is 2.43. The van der Waals surface area contributed by atoms with Crippen LogP contribution in [0.3, 0.4) is 0 Å². The number of hydrogen-bond donors (Lipinski definition) is 1. The van der Waals surface area contributed by atoms with Crippen LogP contribution in [0.2, 0.25) is 5.02 Å². The number of rotatable bonds is 6. The first kappa shape index (κ1) is 22.7. The maximum absolute atomic E-state index is 13.5. The second-order valence-electron chi connectivity index (χ2n) is 7.50. The van der Waals surface area contributed by atoms with Crippen LogP contribution in [0.15, 0.2) is 81.9 Å². The van der Waals surface area contributed by atoms with Gasteiger partial charge in [-0.3, -0.25) is 14.5 Å². The molecular weight excluding hydrogens is 458 g/mol. The minimum Gasteiger partial charge on any atom is -0.467 e. The predicted octanol–water partition coefficient (Wildman–Crippen LogP) is 4.98. The van der Waals surface area contributed by atoms with Crippen LogP contribution in [0.4, 0.5) is 5.69 Å². The zero-order valence-corrected chi connectivity index (χ0v) is 19.3. The lowest BCUT2D eigenvalue weighted by Gasteiger charge is -2.19. The van der Waals surface area contributed by atoms with E-state index in [1.807, 2.05) is 55.5 Å². The lowest BCUT2D eigenvalue weighted by molar-refractivity contribution is -0.117. The van der Waals surface area contributed by atoms with E-state index in [2.05, 4.69) is 5.32 Å². The summed E-state index contributed by atoms with van der Waals surface area (Å²) in [6, 6.07) is 20.2. The molecule has 1 aliphatic heterocycles. The van der Waals surface area contributed by atoms with Gasteiger partial charge in [-0.25, -0.2) is 0 Å². The van der Waals surface area contributed by atoms with E-state index >= 15 is 0 Å². The summed E-state index contributed by atoms with van der Waals surface area (Å²) in [6.45, 7) is 2.09. The van der Waals surface area contributed by atoms with Crippen molar-refractivity contribution < 1.29 is 14.0 Å². The van der Waals surface area contributed by atoms with Crippen molar-refractivity contribution in [3.8, 4) is 6.07 Å². The highest BCUT2D eigenvalue weighted by Crippen LogP contribution is 2.42. The molecule has 3 aromatic rings. The molecule has 0 bridgehead atoms. The van der Waals surface area contributed by atoms with Crippen LogP contribution in [0.5, 0.6) is 0 Å². The number of nitriles is 1. The first-order valence-corrected chi connectivity index (χ1v) is 11.5. The number of carbonyl (C=O) groups is 2. The second-order valence-corrected chi connectivity index (χ2v) is 9.13. The van der Waals surface area contributed by atoms with Crippen molar-refractivity contribution in [3.05, 3.63) is 99.4 Å². The molecule has 0 unspecified atom stereocenters. The van der Waals surface area contributed by atoms with Gasteiger partial charge in [0.25, 0.3) is 5.91 Å². The summed E-state index contributed by atoms with van der Waals surface area (Å²) in [7, 11) is 0. The molecule has 1 fully saturated rings. The summed E-state index contributed by atoms with van der Waals surface area (Å²) in [5, 5.41) is 13.0. The van der Waals surface area contributed by atoms with E-state index < -0.39 is 11.2 Å². The number of halogens is 1. The number of furan rings is 1. The fourth-order valence-corrected chi connectivity index (χ4v) is 4.98. The van der Waals surface area contributed by atoms with Crippen LogP contribution in [0.25, 0.3) is 0 Å². The number of benzene rings is 2. The molecule has 1 atom stereocenters. The zero-order chi connectivity index (χ0) is 23.4. The molecule has 2 aromatic carbocycles. The molecular formula is C25H20ClN3O3S. The number of thioether (sulfide) groups is 1. The number of nitrogens with one attached hydrogen (secondary N) is 1. The minimum absolute atomic E-state index is 0.117. The first-order chi connectivity index (χ1) is 16.0. The van der Waals surface area contributed by atoms with Gasteiger partial charge in [-0.1, -0.05) is 53.2 Å². The van der Waals surface area contributed by atoms with E-state index in [-0.39, 0.29) is 18.0 Å². The fraction of sp³-hybridized carbons (Fsp3) is 0.160. The normalized spacial score (nSPS) is 17.1. The molecule has 6 nitrogen and oxygen atoms in total. The SMILES string of the molecule is Cc1ccc(N2C(=O)[C@H](Cc3cccc(Cl)c3)S/C2=C(\C#N)C(=O)NCc2ccco2)cc1. The number of nitrogens with zero attached hydrogens (tertiary/aromatic N) is 2. The molecule has 1 saturated heterocycles. The van der Waals surface area contributed by atoms with E-state index in [1.165, 1.54) is 22.9 Å². The lowest BCUT2D eigenvalue weighted by Crippen LogP contribution is -2.32. The van der Waals surface area contributed by atoms with Gasteiger partial charge in [0, 0.05) is 10.7 Å². The number of amides is 2. The molecule has 0 aliphatic carbocycles. The maximum atomic E-state index is 13.5. The molecule has 4 rings (SSSR count). The minimum atomic E-state index is -0.565. The van der Waals surface area contributed by atoms with Crippen LogP contribution in [0.1, 0.15) is 16.9 Å². The van der Waals surface area contributed by atoms with Gasteiger partial charge in [0.05, 0.1) is 18.1 Å². The summed E-state index contributed by atoms with van der Waals surface area (Å²) < 4.78 is 5.24. The molecule has 2 amide bonds. The number of carbonyl (C=O) groups excluding carboxylic acids is 2. The van der Waals surface area contributed by atoms with Crippen molar-refractivity contribution in [2.45, 2.75) is 25.1 Å². The van der Waals surface area contributed by atoms with Gasteiger partial charge in [0.15, 0.2) is 0 Å². The van der Waals surface area contributed by atoms with Crippen molar-refractivity contribution in [3.63, 3.8) is 0 Å². The van der Waals surface area contributed by atoms with Crippen molar-refractivity contribution in [1.82, 2.24) is 5.32 Å². The molecule has 0 spiro atoms. The quantitative estimate of drug-likeness (QED) is 0.399. The average molecular weight is 478 g/mol. The predicted molar refractivity (Wildman–Crippen MR) is 128 cm³/mol. The monoisotopic (exact) mass is 477 g/mol. The van der Waals surface area contributed by atoms with Crippen molar-refractivity contribution in [2.75, 3.05) is 4.90 Å². The number of aryl methyl sites for hydroxylation is 1. The van der Waals surface area contributed by atoms with Gasteiger partial charge in [0.1, 0.15) is 22.4 Å². The highest BCUT2D eigenvalue weighted by molar-refractivity contribution is 8.05. The topological polar surface area (TPSA) is 86.3 Å². The summed E-state index contributed by atoms with van der Waals surface area (Å²) in [6.07, 6.45) is 1.93. The molecule has 166 valence electrons. The third-order valence-electron chi connectivity index (χ3n) is 5.11. The first-order valence-electron chi connectivity index (χ1n) is 10.2. The molecule has 2 heterocycles. The highest BCUT2D eigenvalue weighted by Gasteiger charge is 2.40. The zero-order valence-electron chi connectivity index (χ0n) is 17.7. The Labute approximate surface area is 200 Å². The largest absolute Gasteiger partial charge is 0.467 e. The fourth-order valence-electron chi connectivity index (χ4n) is 3.46. The third-order valence-corrected chi connectivity index (χ3v) is 6.61. The van der Waals surface area contributed by atoms with E-state index in [0.717, 1.165) is 11.1 Å². The van der Waals surface area contributed by atoms with E-state index in [4.69, 9.17) is 16.0 Å². The van der Waals surface area contributed by atoms with Gasteiger partial charge in [-0.2, -0.15) is 5.26 Å². The smallest absolute Gasteiger partial charge is 0.265 e. The van der Waals surface area contributed by atoms with E-state index in [9.17, 15) is 14.9 Å². The molecule has 0 saturated carbocycles. The Balaban J connectivity index is 1.68. The number of anilines is 1. The molecule has 8 heteroatoms. The van der Waals surface area contributed by atoms with Crippen molar-refractivity contribution in [2.24, 2.45) is 0 Å². The summed E-state index contributed by atoms with van der Waals surface area (Å²) >= 11 is 7.33. The Morgan fingerprint density at radius 3 is 2.67 bits per heavy atom. The second kappa shape index (κ2) is 9.99. The lowest BCUT2D eigenvalue weighted by atomic mass is 10.1. The summed E-state index contributed by atoms with van der Waals surface area (Å²) in [4.78, 5) is 27.8. The average Bonchev–Trinajstić information content (AvgIpc) is 3.42. The van der Waals surface area contributed by atoms with Crippen LogP contribution in [-0.2, 0) is 22.6 Å². The Morgan fingerprint density at radius 1 is 1.21 bits per heavy atom. The van der Waals surface area contributed by atoms with Crippen LogP contribution >= 0.6 is 23.4 Å². The van der Waals surface area contributed by atoms with Crippen LogP contribution in [0, 0.1) is 18.3 Å². The van der Waals surface area contributed by atoms with Gasteiger partial charge >= 0.3 is 0 Å². The van der Waals surface area contributed by atoms with E-state index in [0.29, 0.717) is 27.9 Å². The van der Waals surface area contributed by atoms with Crippen molar-refractivity contribution in [1.29, 1.82) is 5.26 Å². The van der Waals surface area contributed by atoms with Gasteiger partial charge < -0.3 is 9.73 Å². The summed E-state index contributed by atoms with van der Waals surface area (Å²) in [5.74, 6) is -0.190. The highest BCUT2D eigenvalue weighted by atomic mass is 35.5. The van der Waals surface area contributed by atoms with Gasteiger partial charge in [-0.15, -0.1) is 0 Å². The van der Waals surface area contributed by atoms with Crippen LogP contribution < -0.4 is 10.2 Å². The molecule has 0 radical (unpaired) electrons. The Hall–Kier alpha value is -3.47. The Bertz CT molecular complexity index is 1250. The standard InChI is InChI=1S/C25H20ClN3O3S/c1-16-7-9-19(10-8-16)29-24(31)22(13-17-4-2-5-18(26)12-17)33-25(29)21(14-27)23(30)28-15-20-6-3-11-32-20/h2-12,22H,13,15H2,1H3,(H,28,30)/b25-21+/t22-/m0/s1. The third kappa shape index (κ3) is 5.14. The molecule has 1 aliphatic rings. The Morgan fingerprint density at radius 2 is 2.00 bits per heavy atom. The maximum Gasteiger partial charge on any atom is 0.265 e. The molecule has 1 N–H and O–H groups in total. The van der Waals surface area contributed by atoms with Crippen LogP contribution in [-0.4, -0.2) is 17.1 Å². The van der Waals surface area contributed by atoms with Gasteiger partial charge in [0.2, 0.25) is 5.91 Å². The van der Waals surface area contributed by atoms with E-state index in [1.54, 1.807) is 18.2 Å². The van der Waals surface area contributed by atoms with Crippen molar-refractivity contribution >= 4 is 40.9 Å². The number of hydrogen-bond acceptors (Lipinski definition) is 5.